The molecule has 2 aromatic carbocycles. The number of nitrogens with one attached hydrogen (secondary N) is 2. The van der Waals surface area contributed by atoms with Gasteiger partial charge in [0.25, 0.3) is 5.56 Å². The van der Waals surface area contributed by atoms with Crippen molar-refractivity contribution in [1.82, 2.24) is 20.3 Å². The molecule has 4 rings (SSSR count). The summed E-state index contributed by atoms with van der Waals surface area (Å²) in [6.45, 7) is 3.13. The number of benzene rings is 2. The van der Waals surface area contributed by atoms with Crippen LogP contribution in [-0.2, 0) is 6.54 Å². The van der Waals surface area contributed by atoms with E-state index in [9.17, 15) is 9.59 Å². The van der Waals surface area contributed by atoms with Crippen LogP contribution in [0, 0.1) is 0 Å². The summed E-state index contributed by atoms with van der Waals surface area (Å²) in [5, 5.41) is 14.2. The number of rotatable bonds is 5. The van der Waals surface area contributed by atoms with Crippen molar-refractivity contribution >= 4 is 22.6 Å². The van der Waals surface area contributed by atoms with E-state index in [1.54, 1.807) is 42.5 Å². The van der Waals surface area contributed by atoms with Crippen molar-refractivity contribution in [3.8, 4) is 11.5 Å². The number of ether oxygens (including phenoxy) is 2. The first-order chi connectivity index (χ1) is 14.1. The van der Waals surface area contributed by atoms with E-state index in [0.717, 1.165) is 0 Å². The highest BCUT2D eigenvalue weighted by Crippen LogP contribution is 2.32. The van der Waals surface area contributed by atoms with Crippen LogP contribution in [0.4, 0.5) is 10.5 Å². The van der Waals surface area contributed by atoms with Gasteiger partial charge in [-0.05, 0) is 30.7 Å². The maximum Gasteiger partial charge on any atom is 0.319 e. The van der Waals surface area contributed by atoms with Crippen molar-refractivity contribution in [2.24, 2.45) is 0 Å². The SMILES string of the molecule is CC[C@H](Cn1nnc2ccccc2c1=O)NC(=O)Nc1ccc2c(c1)OCCO2. The molecule has 1 aliphatic rings. The number of urea groups is 1. The summed E-state index contributed by atoms with van der Waals surface area (Å²) in [6.07, 6.45) is 0.621. The minimum absolute atomic E-state index is 0.224. The van der Waals surface area contributed by atoms with E-state index in [-0.39, 0.29) is 24.2 Å². The Morgan fingerprint density at radius 2 is 1.97 bits per heavy atom. The first-order valence-electron chi connectivity index (χ1n) is 9.43. The Morgan fingerprint density at radius 3 is 2.79 bits per heavy atom. The number of carbonyl (C=O) groups excluding carboxylic acids is 1. The number of aromatic nitrogens is 3. The van der Waals surface area contributed by atoms with Crippen LogP contribution in [0.15, 0.2) is 47.3 Å². The normalized spacial score (nSPS) is 13.7. The molecule has 0 bridgehead atoms. The zero-order valence-corrected chi connectivity index (χ0v) is 15.9. The summed E-state index contributed by atoms with van der Waals surface area (Å²) in [6, 6.07) is 11.6. The Kier molecular flexibility index (Phi) is 5.28. The number of hydrogen-bond donors (Lipinski definition) is 2. The van der Waals surface area contributed by atoms with Crippen molar-refractivity contribution < 1.29 is 14.3 Å². The molecule has 1 aliphatic heterocycles. The average molecular weight is 395 g/mol. The van der Waals surface area contributed by atoms with Gasteiger partial charge >= 0.3 is 6.03 Å². The summed E-state index contributed by atoms with van der Waals surface area (Å²) in [5.41, 5.74) is 0.901. The van der Waals surface area contributed by atoms with E-state index in [2.05, 4.69) is 20.9 Å². The number of anilines is 1. The molecule has 0 aliphatic carbocycles. The summed E-state index contributed by atoms with van der Waals surface area (Å²) in [4.78, 5) is 25.0. The Labute approximate surface area is 166 Å². The lowest BCUT2D eigenvalue weighted by molar-refractivity contribution is 0.171. The molecule has 0 saturated carbocycles. The molecule has 2 heterocycles. The van der Waals surface area contributed by atoms with Crippen molar-refractivity contribution in [2.45, 2.75) is 25.9 Å². The Bertz CT molecular complexity index is 1100. The average Bonchev–Trinajstić information content (AvgIpc) is 2.75. The third kappa shape index (κ3) is 4.13. The monoisotopic (exact) mass is 395 g/mol. The van der Waals surface area contributed by atoms with Gasteiger partial charge in [0.05, 0.1) is 18.0 Å². The zero-order chi connectivity index (χ0) is 20.2. The van der Waals surface area contributed by atoms with Gasteiger partial charge in [-0.25, -0.2) is 9.48 Å². The van der Waals surface area contributed by atoms with E-state index < -0.39 is 0 Å². The molecule has 9 heteroatoms. The van der Waals surface area contributed by atoms with Crippen LogP contribution in [0.1, 0.15) is 13.3 Å². The fourth-order valence-corrected chi connectivity index (χ4v) is 3.10. The molecule has 150 valence electrons. The highest BCUT2D eigenvalue weighted by Gasteiger charge is 2.16. The van der Waals surface area contributed by atoms with Crippen molar-refractivity contribution in [1.29, 1.82) is 0 Å². The van der Waals surface area contributed by atoms with Gasteiger partial charge in [-0.1, -0.05) is 24.3 Å². The minimum atomic E-state index is -0.379. The van der Waals surface area contributed by atoms with Crippen molar-refractivity contribution in [3.63, 3.8) is 0 Å². The van der Waals surface area contributed by atoms with Gasteiger partial charge in [0.2, 0.25) is 0 Å². The third-order valence-corrected chi connectivity index (χ3v) is 4.65. The summed E-state index contributed by atoms with van der Waals surface area (Å²) < 4.78 is 12.3. The number of hydrogen-bond acceptors (Lipinski definition) is 6. The van der Waals surface area contributed by atoms with E-state index in [4.69, 9.17) is 9.47 Å². The predicted molar refractivity (Wildman–Crippen MR) is 107 cm³/mol. The van der Waals surface area contributed by atoms with Crippen LogP contribution >= 0.6 is 0 Å². The lowest BCUT2D eigenvalue weighted by Gasteiger charge is -2.20. The maximum absolute atomic E-state index is 12.6. The van der Waals surface area contributed by atoms with Gasteiger partial charge in [0, 0.05) is 11.8 Å². The number of carbonyl (C=O) groups is 1. The molecule has 0 saturated heterocycles. The molecule has 29 heavy (non-hydrogen) atoms. The number of amides is 2. The van der Waals surface area contributed by atoms with Crippen LogP contribution in [-0.4, -0.2) is 40.3 Å². The highest BCUT2D eigenvalue weighted by atomic mass is 16.6. The van der Waals surface area contributed by atoms with E-state index >= 15 is 0 Å². The van der Waals surface area contributed by atoms with Gasteiger partial charge < -0.3 is 20.1 Å². The highest BCUT2D eigenvalue weighted by molar-refractivity contribution is 5.89. The quantitative estimate of drug-likeness (QED) is 0.686. The lowest BCUT2D eigenvalue weighted by Crippen LogP contribution is -2.42. The van der Waals surface area contributed by atoms with Crippen LogP contribution in [0.5, 0.6) is 11.5 Å². The van der Waals surface area contributed by atoms with Gasteiger partial charge in [-0.2, -0.15) is 0 Å². The Morgan fingerprint density at radius 1 is 1.17 bits per heavy atom. The molecular weight excluding hydrogens is 374 g/mol. The second kappa shape index (κ2) is 8.17. The summed E-state index contributed by atoms with van der Waals surface area (Å²) >= 11 is 0. The van der Waals surface area contributed by atoms with Gasteiger partial charge in [0.1, 0.15) is 18.7 Å². The molecular formula is C20H21N5O4. The molecule has 3 aromatic rings. The molecule has 0 radical (unpaired) electrons. The lowest BCUT2D eigenvalue weighted by atomic mass is 10.2. The smallest absolute Gasteiger partial charge is 0.319 e. The Balaban J connectivity index is 1.43. The fourth-order valence-electron chi connectivity index (χ4n) is 3.10. The third-order valence-electron chi connectivity index (χ3n) is 4.65. The molecule has 2 N–H and O–H groups in total. The van der Waals surface area contributed by atoms with E-state index in [1.807, 2.05) is 6.92 Å². The van der Waals surface area contributed by atoms with Crippen LogP contribution in [0.2, 0.25) is 0 Å². The largest absolute Gasteiger partial charge is 0.486 e. The zero-order valence-electron chi connectivity index (χ0n) is 15.9. The second-order valence-corrected chi connectivity index (χ2v) is 6.66. The van der Waals surface area contributed by atoms with E-state index in [1.165, 1.54) is 4.68 Å². The molecule has 0 fully saturated rings. The van der Waals surface area contributed by atoms with Crippen molar-refractivity contribution in [2.75, 3.05) is 18.5 Å². The Hall–Kier alpha value is -3.62. The van der Waals surface area contributed by atoms with Crippen LogP contribution < -0.4 is 25.7 Å². The first kappa shape index (κ1) is 18.7. The van der Waals surface area contributed by atoms with Gasteiger partial charge in [-0.3, -0.25) is 4.79 Å². The fraction of sp³-hybridized carbons (Fsp3) is 0.300. The predicted octanol–water partition coefficient (Wildman–Crippen LogP) is 2.16. The standard InChI is InChI=1S/C20H21N5O4/c1-2-13(12-25-19(26)15-5-3-4-6-16(15)23-24-25)21-20(27)22-14-7-8-17-18(11-14)29-10-9-28-17/h3-8,11,13H,2,9-10,12H2,1H3,(H2,21,22,27)/t13-/m1/s1. The molecule has 0 spiro atoms. The minimum Gasteiger partial charge on any atom is -0.486 e. The summed E-state index contributed by atoms with van der Waals surface area (Å²) in [7, 11) is 0. The van der Waals surface area contributed by atoms with Crippen LogP contribution in [0.3, 0.4) is 0 Å². The van der Waals surface area contributed by atoms with Crippen molar-refractivity contribution in [3.05, 3.63) is 52.8 Å². The molecule has 2 amide bonds. The molecule has 9 nitrogen and oxygen atoms in total. The van der Waals surface area contributed by atoms with Crippen LogP contribution in [0.25, 0.3) is 10.9 Å². The van der Waals surface area contributed by atoms with Gasteiger partial charge in [0.15, 0.2) is 11.5 Å². The first-order valence-corrected chi connectivity index (χ1v) is 9.43. The van der Waals surface area contributed by atoms with Gasteiger partial charge in [-0.15, -0.1) is 5.10 Å². The molecule has 1 atom stereocenters. The second-order valence-electron chi connectivity index (χ2n) is 6.66. The number of fused-ring (bicyclic) bond motifs is 2. The topological polar surface area (TPSA) is 107 Å². The molecule has 1 aromatic heterocycles. The molecule has 0 unspecified atom stereocenters. The maximum atomic E-state index is 12.6. The van der Waals surface area contributed by atoms with E-state index in [0.29, 0.717) is 47.7 Å². The number of nitrogens with zero attached hydrogens (tertiary/aromatic N) is 3. The summed E-state index contributed by atoms with van der Waals surface area (Å²) in [5.74, 6) is 1.25.